The van der Waals surface area contributed by atoms with E-state index in [1.807, 2.05) is 0 Å². The summed E-state index contributed by atoms with van der Waals surface area (Å²) in [5.41, 5.74) is 0.711. The number of aliphatic hydroxyl groups excluding tert-OH is 1. The van der Waals surface area contributed by atoms with Gasteiger partial charge in [0.05, 0.1) is 6.10 Å². The van der Waals surface area contributed by atoms with E-state index in [-0.39, 0.29) is 11.3 Å². The number of rotatable bonds is 1. The number of aromatic hydroxyl groups is 1. The molecule has 0 unspecified atom stereocenters. The Morgan fingerprint density at radius 3 is 2.86 bits per heavy atom. The standard InChI is InChI=1S/C10H10O4/c1-5(11)9-6-3-2-4-7(12)8(6)10(13)14-9/h2-5,9,11-12H,1H3/t5-,9-/m1/s1. The lowest BCUT2D eigenvalue weighted by Crippen LogP contribution is -2.14. The maximum Gasteiger partial charge on any atom is 0.343 e. The minimum atomic E-state index is -0.776. The number of benzene rings is 1. The molecule has 0 aliphatic carbocycles. The lowest BCUT2D eigenvalue weighted by atomic mass is 10.0. The van der Waals surface area contributed by atoms with Crippen LogP contribution < -0.4 is 0 Å². The van der Waals surface area contributed by atoms with Gasteiger partial charge in [-0.1, -0.05) is 12.1 Å². The van der Waals surface area contributed by atoms with Gasteiger partial charge >= 0.3 is 5.97 Å². The Morgan fingerprint density at radius 2 is 2.21 bits per heavy atom. The first kappa shape index (κ1) is 9.02. The monoisotopic (exact) mass is 194 g/mol. The van der Waals surface area contributed by atoms with Gasteiger partial charge in [-0.25, -0.2) is 4.79 Å². The molecule has 2 rings (SSSR count). The summed E-state index contributed by atoms with van der Waals surface area (Å²) in [5.74, 6) is -0.681. The highest BCUT2D eigenvalue weighted by atomic mass is 16.6. The first-order valence-corrected chi connectivity index (χ1v) is 4.32. The Hall–Kier alpha value is -1.55. The second-order valence-corrected chi connectivity index (χ2v) is 3.31. The maximum atomic E-state index is 11.3. The topological polar surface area (TPSA) is 66.8 Å². The van der Waals surface area contributed by atoms with Crippen LogP contribution in [0.15, 0.2) is 18.2 Å². The number of aliphatic hydroxyl groups is 1. The number of cyclic esters (lactones) is 1. The zero-order valence-electron chi connectivity index (χ0n) is 7.60. The van der Waals surface area contributed by atoms with Crippen LogP contribution in [0.25, 0.3) is 0 Å². The molecule has 0 aromatic heterocycles. The molecule has 1 aliphatic rings. The molecule has 1 aromatic rings. The number of carbonyl (C=O) groups is 1. The predicted molar refractivity (Wildman–Crippen MR) is 47.9 cm³/mol. The molecule has 4 nitrogen and oxygen atoms in total. The lowest BCUT2D eigenvalue weighted by Gasteiger charge is -2.12. The highest BCUT2D eigenvalue weighted by Gasteiger charge is 2.35. The Kier molecular flexibility index (Phi) is 1.93. The molecule has 2 N–H and O–H groups in total. The highest BCUT2D eigenvalue weighted by Crippen LogP contribution is 2.37. The van der Waals surface area contributed by atoms with E-state index >= 15 is 0 Å². The van der Waals surface area contributed by atoms with Crippen molar-refractivity contribution in [3.63, 3.8) is 0 Å². The van der Waals surface area contributed by atoms with Crippen LogP contribution in [0.3, 0.4) is 0 Å². The molecule has 0 saturated carbocycles. The van der Waals surface area contributed by atoms with Gasteiger partial charge in [-0.15, -0.1) is 0 Å². The van der Waals surface area contributed by atoms with E-state index in [9.17, 15) is 15.0 Å². The van der Waals surface area contributed by atoms with E-state index in [1.165, 1.54) is 13.0 Å². The summed E-state index contributed by atoms with van der Waals surface area (Å²) in [6.07, 6.45) is -1.44. The van der Waals surface area contributed by atoms with E-state index in [4.69, 9.17) is 4.74 Å². The van der Waals surface area contributed by atoms with Crippen molar-refractivity contribution in [1.82, 2.24) is 0 Å². The lowest BCUT2D eigenvalue weighted by molar-refractivity contribution is -0.00278. The molecule has 4 heteroatoms. The van der Waals surface area contributed by atoms with Crippen LogP contribution in [0.4, 0.5) is 0 Å². The number of hydrogen-bond acceptors (Lipinski definition) is 4. The zero-order valence-corrected chi connectivity index (χ0v) is 7.60. The first-order valence-electron chi connectivity index (χ1n) is 4.32. The number of phenols is 1. The number of fused-ring (bicyclic) bond motifs is 1. The second-order valence-electron chi connectivity index (χ2n) is 3.31. The smallest absolute Gasteiger partial charge is 0.343 e. The normalized spacial score (nSPS) is 21.6. The average molecular weight is 194 g/mol. The summed E-state index contributed by atoms with van der Waals surface area (Å²) in [6.45, 7) is 1.54. The molecule has 0 spiro atoms. The van der Waals surface area contributed by atoms with Crippen LogP contribution in [0.2, 0.25) is 0 Å². The van der Waals surface area contributed by atoms with Gasteiger partial charge < -0.3 is 14.9 Å². The van der Waals surface area contributed by atoms with Crippen LogP contribution in [-0.4, -0.2) is 22.3 Å². The van der Waals surface area contributed by atoms with Gasteiger partial charge in [-0.3, -0.25) is 0 Å². The average Bonchev–Trinajstić information content (AvgIpc) is 2.45. The Labute approximate surface area is 80.7 Å². The Bertz CT molecular complexity index is 384. The summed E-state index contributed by atoms with van der Waals surface area (Å²) in [5, 5.41) is 18.8. The van der Waals surface area contributed by atoms with Gasteiger partial charge in [0, 0.05) is 5.56 Å². The van der Waals surface area contributed by atoms with E-state index in [0.29, 0.717) is 5.56 Å². The molecular weight excluding hydrogens is 184 g/mol. The number of hydrogen-bond donors (Lipinski definition) is 2. The van der Waals surface area contributed by atoms with Gasteiger partial charge in [0.15, 0.2) is 6.10 Å². The number of esters is 1. The van der Waals surface area contributed by atoms with Crippen molar-refractivity contribution in [2.75, 3.05) is 0 Å². The van der Waals surface area contributed by atoms with Crippen molar-refractivity contribution in [2.45, 2.75) is 19.1 Å². The quantitative estimate of drug-likeness (QED) is 0.654. The summed E-state index contributed by atoms with van der Waals surface area (Å²) in [4.78, 5) is 11.3. The van der Waals surface area contributed by atoms with E-state index < -0.39 is 18.2 Å². The number of ether oxygens (including phenoxy) is 1. The van der Waals surface area contributed by atoms with E-state index in [1.54, 1.807) is 12.1 Å². The molecular formula is C10H10O4. The van der Waals surface area contributed by atoms with Crippen LogP contribution in [0, 0.1) is 0 Å². The van der Waals surface area contributed by atoms with Crippen LogP contribution in [0.5, 0.6) is 5.75 Å². The van der Waals surface area contributed by atoms with Gasteiger partial charge in [-0.05, 0) is 13.0 Å². The molecule has 0 radical (unpaired) electrons. The van der Waals surface area contributed by atoms with Crippen molar-refractivity contribution < 1.29 is 19.7 Å². The van der Waals surface area contributed by atoms with Crippen LogP contribution in [0.1, 0.15) is 28.9 Å². The largest absolute Gasteiger partial charge is 0.507 e. The molecule has 74 valence electrons. The minimum absolute atomic E-state index is 0.101. The molecule has 0 fully saturated rings. The minimum Gasteiger partial charge on any atom is -0.507 e. The summed E-state index contributed by atoms with van der Waals surface area (Å²) in [7, 11) is 0. The molecule has 1 heterocycles. The summed E-state index contributed by atoms with van der Waals surface area (Å²) < 4.78 is 4.93. The van der Waals surface area contributed by atoms with E-state index in [2.05, 4.69) is 0 Å². The van der Waals surface area contributed by atoms with Crippen molar-refractivity contribution in [3.8, 4) is 5.75 Å². The van der Waals surface area contributed by atoms with Crippen molar-refractivity contribution >= 4 is 5.97 Å². The SMILES string of the molecule is C[C@@H](O)[C@H]1OC(=O)c2c(O)cccc21. The molecule has 0 saturated heterocycles. The Morgan fingerprint density at radius 1 is 1.50 bits per heavy atom. The molecule has 0 bridgehead atoms. The molecule has 1 aliphatic heterocycles. The summed E-state index contributed by atoms with van der Waals surface area (Å²) >= 11 is 0. The fourth-order valence-corrected chi connectivity index (χ4v) is 1.61. The van der Waals surface area contributed by atoms with Crippen molar-refractivity contribution in [1.29, 1.82) is 0 Å². The van der Waals surface area contributed by atoms with Gasteiger partial charge in [0.1, 0.15) is 11.3 Å². The van der Waals surface area contributed by atoms with Gasteiger partial charge in [0.2, 0.25) is 0 Å². The fourth-order valence-electron chi connectivity index (χ4n) is 1.61. The van der Waals surface area contributed by atoms with Gasteiger partial charge in [0.25, 0.3) is 0 Å². The third-order valence-corrected chi connectivity index (χ3v) is 2.26. The van der Waals surface area contributed by atoms with E-state index in [0.717, 1.165) is 0 Å². The molecule has 0 amide bonds. The summed E-state index contributed by atoms with van der Waals surface area (Å²) in [6, 6.07) is 4.70. The van der Waals surface area contributed by atoms with Gasteiger partial charge in [-0.2, -0.15) is 0 Å². The fraction of sp³-hybridized carbons (Fsp3) is 0.300. The molecule has 14 heavy (non-hydrogen) atoms. The Balaban J connectivity index is 2.55. The molecule has 2 atom stereocenters. The molecule has 1 aromatic carbocycles. The van der Waals surface area contributed by atoms with Crippen molar-refractivity contribution in [2.24, 2.45) is 0 Å². The third-order valence-electron chi connectivity index (χ3n) is 2.26. The van der Waals surface area contributed by atoms with Crippen LogP contribution >= 0.6 is 0 Å². The number of carbonyl (C=O) groups excluding carboxylic acids is 1. The van der Waals surface area contributed by atoms with Crippen molar-refractivity contribution in [3.05, 3.63) is 29.3 Å². The second kappa shape index (κ2) is 2.99. The highest BCUT2D eigenvalue weighted by molar-refractivity contribution is 5.96. The predicted octanol–water partition coefficient (Wildman–Crippen LogP) is 0.984. The zero-order chi connectivity index (χ0) is 10.3. The first-order chi connectivity index (χ1) is 6.61. The maximum absolute atomic E-state index is 11.3. The van der Waals surface area contributed by atoms with Crippen LogP contribution in [-0.2, 0) is 4.74 Å². The number of phenolic OH excluding ortho intramolecular Hbond substituents is 1. The third kappa shape index (κ3) is 1.15.